The highest BCUT2D eigenvalue weighted by atomic mass is 35.5. The van der Waals surface area contributed by atoms with E-state index in [2.05, 4.69) is 20.3 Å². The predicted octanol–water partition coefficient (Wildman–Crippen LogP) is 2.91. The van der Waals surface area contributed by atoms with Crippen LogP contribution in [0, 0.1) is 11.3 Å². The molecule has 0 aliphatic heterocycles. The summed E-state index contributed by atoms with van der Waals surface area (Å²) < 4.78 is 42.6. The van der Waals surface area contributed by atoms with Gasteiger partial charge in [0, 0.05) is 6.20 Å². The van der Waals surface area contributed by atoms with Crippen LogP contribution in [0.3, 0.4) is 0 Å². The molecule has 120 valence electrons. The van der Waals surface area contributed by atoms with E-state index in [1.165, 1.54) is 12.4 Å². The number of alkyl halides is 3. The normalized spacial score (nSPS) is 10.9. The zero-order valence-corrected chi connectivity index (χ0v) is 12.2. The van der Waals surface area contributed by atoms with Gasteiger partial charge in [-0.2, -0.15) is 18.4 Å². The van der Waals surface area contributed by atoms with Crippen LogP contribution in [0.1, 0.15) is 11.3 Å². The Hall–Kier alpha value is -2.60. The van der Waals surface area contributed by atoms with Crippen molar-refractivity contribution in [3.63, 3.8) is 0 Å². The molecule has 0 atom stereocenters. The molecule has 0 aliphatic rings. The van der Waals surface area contributed by atoms with Gasteiger partial charge < -0.3 is 10.1 Å². The third-order valence-electron chi connectivity index (χ3n) is 2.55. The molecular formula is C13H9ClF3N5O. The maximum Gasteiger partial charge on any atom is 0.417 e. The lowest BCUT2D eigenvalue weighted by Crippen LogP contribution is -2.14. The van der Waals surface area contributed by atoms with Crippen molar-refractivity contribution in [3.8, 4) is 11.9 Å². The van der Waals surface area contributed by atoms with Crippen molar-refractivity contribution in [3.05, 3.63) is 40.9 Å². The van der Waals surface area contributed by atoms with E-state index in [9.17, 15) is 13.2 Å². The van der Waals surface area contributed by atoms with Crippen LogP contribution in [-0.2, 0) is 6.18 Å². The molecule has 2 aromatic rings. The highest BCUT2D eigenvalue weighted by Gasteiger charge is 2.31. The lowest BCUT2D eigenvalue weighted by Gasteiger charge is -2.10. The van der Waals surface area contributed by atoms with E-state index >= 15 is 0 Å². The van der Waals surface area contributed by atoms with Gasteiger partial charge in [0.1, 0.15) is 23.5 Å². The van der Waals surface area contributed by atoms with E-state index < -0.39 is 11.7 Å². The van der Waals surface area contributed by atoms with Gasteiger partial charge >= 0.3 is 6.18 Å². The second kappa shape index (κ2) is 7.11. The Morgan fingerprint density at radius 2 is 2.00 bits per heavy atom. The van der Waals surface area contributed by atoms with Gasteiger partial charge in [-0.05, 0) is 6.07 Å². The molecule has 0 saturated heterocycles. The summed E-state index contributed by atoms with van der Waals surface area (Å²) in [6.07, 6.45) is -1.18. The minimum atomic E-state index is -4.51. The SMILES string of the molecule is N#Cc1cnc(NCCOc2ncc(C(F)(F)F)cc2Cl)cn1. The molecule has 0 saturated carbocycles. The fourth-order valence-electron chi connectivity index (χ4n) is 1.49. The summed E-state index contributed by atoms with van der Waals surface area (Å²) >= 11 is 5.70. The quantitative estimate of drug-likeness (QED) is 0.840. The summed E-state index contributed by atoms with van der Waals surface area (Å²) in [5.41, 5.74) is -0.756. The van der Waals surface area contributed by atoms with Crippen LogP contribution in [0.25, 0.3) is 0 Å². The van der Waals surface area contributed by atoms with Crippen LogP contribution < -0.4 is 10.1 Å². The number of anilines is 1. The molecule has 23 heavy (non-hydrogen) atoms. The van der Waals surface area contributed by atoms with Crippen LogP contribution in [0.4, 0.5) is 19.0 Å². The van der Waals surface area contributed by atoms with Gasteiger partial charge in [0.15, 0.2) is 5.69 Å². The van der Waals surface area contributed by atoms with Gasteiger partial charge in [-0.25, -0.2) is 15.0 Å². The van der Waals surface area contributed by atoms with Gasteiger partial charge in [0.2, 0.25) is 5.88 Å². The Balaban J connectivity index is 1.85. The Labute approximate surface area is 133 Å². The minimum Gasteiger partial charge on any atom is -0.475 e. The molecule has 6 nitrogen and oxygen atoms in total. The number of rotatable bonds is 5. The van der Waals surface area contributed by atoms with Crippen molar-refractivity contribution in [2.75, 3.05) is 18.5 Å². The standard InChI is InChI=1S/C13H9ClF3N5O/c14-10-3-8(13(15,16)17)5-22-12(10)23-2-1-19-11-7-20-9(4-18)6-21-11/h3,5-7H,1-2H2,(H,19,21). The zero-order valence-electron chi connectivity index (χ0n) is 11.4. The monoisotopic (exact) mass is 343 g/mol. The van der Waals surface area contributed by atoms with Crippen molar-refractivity contribution in [2.45, 2.75) is 6.18 Å². The van der Waals surface area contributed by atoms with Crippen molar-refractivity contribution < 1.29 is 17.9 Å². The Bertz CT molecular complexity index is 715. The molecule has 1 N–H and O–H groups in total. The van der Waals surface area contributed by atoms with E-state index in [0.29, 0.717) is 18.6 Å². The molecule has 0 unspecified atom stereocenters. The Morgan fingerprint density at radius 3 is 2.57 bits per heavy atom. The minimum absolute atomic E-state index is 0.0904. The zero-order chi connectivity index (χ0) is 16.9. The first-order chi connectivity index (χ1) is 10.9. The van der Waals surface area contributed by atoms with Crippen LogP contribution in [0.5, 0.6) is 5.88 Å². The van der Waals surface area contributed by atoms with Crippen LogP contribution in [0.15, 0.2) is 24.7 Å². The highest BCUT2D eigenvalue weighted by molar-refractivity contribution is 6.31. The maximum absolute atomic E-state index is 12.5. The van der Waals surface area contributed by atoms with Crippen LogP contribution in [-0.4, -0.2) is 28.1 Å². The molecule has 0 aliphatic carbocycles. The number of hydrogen-bond donors (Lipinski definition) is 1. The second-order valence-corrected chi connectivity index (χ2v) is 4.59. The van der Waals surface area contributed by atoms with Crippen LogP contribution in [0.2, 0.25) is 5.02 Å². The third kappa shape index (κ3) is 4.69. The number of aromatic nitrogens is 3. The number of ether oxygens (including phenoxy) is 1. The third-order valence-corrected chi connectivity index (χ3v) is 2.82. The second-order valence-electron chi connectivity index (χ2n) is 4.18. The van der Waals surface area contributed by atoms with Crippen molar-refractivity contribution >= 4 is 17.4 Å². The molecule has 2 rings (SSSR count). The van der Waals surface area contributed by atoms with E-state index in [0.717, 1.165) is 6.07 Å². The summed E-state index contributed by atoms with van der Waals surface area (Å²) in [4.78, 5) is 11.3. The molecule has 0 aromatic carbocycles. The molecule has 0 fully saturated rings. The summed E-state index contributed by atoms with van der Waals surface area (Å²) in [5, 5.41) is 11.2. The predicted molar refractivity (Wildman–Crippen MR) is 75.0 cm³/mol. The largest absolute Gasteiger partial charge is 0.475 e. The number of pyridine rings is 1. The maximum atomic E-state index is 12.5. The topological polar surface area (TPSA) is 83.7 Å². The molecule has 0 spiro atoms. The van der Waals surface area contributed by atoms with E-state index in [-0.39, 0.29) is 23.2 Å². The first-order valence-corrected chi connectivity index (χ1v) is 6.59. The number of nitrogens with zero attached hydrogens (tertiary/aromatic N) is 4. The Kier molecular flexibility index (Phi) is 5.18. The number of nitriles is 1. The molecule has 0 bridgehead atoms. The Morgan fingerprint density at radius 1 is 1.22 bits per heavy atom. The summed E-state index contributed by atoms with van der Waals surface area (Å²) in [7, 11) is 0. The molecule has 0 radical (unpaired) electrons. The van der Waals surface area contributed by atoms with Gasteiger partial charge in [-0.15, -0.1) is 0 Å². The first-order valence-electron chi connectivity index (χ1n) is 6.21. The smallest absolute Gasteiger partial charge is 0.417 e. The molecule has 0 amide bonds. The van der Waals surface area contributed by atoms with E-state index in [4.69, 9.17) is 21.6 Å². The van der Waals surface area contributed by atoms with Crippen molar-refractivity contribution in [1.29, 1.82) is 5.26 Å². The lowest BCUT2D eigenvalue weighted by molar-refractivity contribution is -0.137. The van der Waals surface area contributed by atoms with Gasteiger partial charge in [-0.3, -0.25) is 0 Å². The van der Waals surface area contributed by atoms with Gasteiger partial charge in [0.05, 0.1) is 24.5 Å². The number of halogens is 4. The summed E-state index contributed by atoms with van der Waals surface area (Å²) in [6, 6.07) is 2.59. The average molecular weight is 344 g/mol. The molecule has 2 aromatic heterocycles. The van der Waals surface area contributed by atoms with E-state index in [1.807, 2.05) is 6.07 Å². The van der Waals surface area contributed by atoms with Crippen molar-refractivity contribution in [1.82, 2.24) is 15.0 Å². The fourth-order valence-corrected chi connectivity index (χ4v) is 1.71. The summed E-state index contributed by atoms with van der Waals surface area (Å²) in [5.74, 6) is 0.339. The number of nitrogens with one attached hydrogen (secondary N) is 1. The molecular weight excluding hydrogens is 335 g/mol. The van der Waals surface area contributed by atoms with Gasteiger partial charge in [-0.1, -0.05) is 11.6 Å². The highest BCUT2D eigenvalue weighted by Crippen LogP contribution is 2.32. The van der Waals surface area contributed by atoms with Crippen molar-refractivity contribution in [2.24, 2.45) is 0 Å². The molecule has 2 heterocycles. The average Bonchev–Trinajstić information content (AvgIpc) is 2.52. The van der Waals surface area contributed by atoms with E-state index in [1.54, 1.807) is 0 Å². The molecule has 10 heteroatoms. The fraction of sp³-hybridized carbons (Fsp3) is 0.231. The summed E-state index contributed by atoms with van der Waals surface area (Å²) in [6.45, 7) is 0.388. The van der Waals surface area contributed by atoms with Gasteiger partial charge in [0.25, 0.3) is 0 Å². The first kappa shape index (κ1) is 16.8. The lowest BCUT2D eigenvalue weighted by atomic mass is 10.3. The number of hydrogen-bond acceptors (Lipinski definition) is 6. The van der Waals surface area contributed by atoms with Crippen LogP contribution >= 0.6 is 11.6 Å².